The Bertz CT molecular complexity index is 1090. The van der Waals surface area contributed by atoms with E-state index in [0.717, 1.165) is 22.6 Å². The molecule has 0 bridgehead atoms. The average molecular weight is 422 g/mol. The van der Waals surface area contributed by atoms with E-state index in [0.29, 0.717) is 23.0 Å². The quantitative estimate of drug-likeness (QED) is 0.699. The topological polar surface area (TPSA) is 80.1 Å². The first-order chi connectivity index (χ1) is 14.4. The van der Waals surface area contributed by atoms with Gasteiger partial charge in [0.2, 0.25) is 5.91 Å². The van der Waals surface area contributed by atoms with E-state index in [1.807, 2.05) is 51.1 Å². The number of carbonyl (C=O) groups excluding carboxylic acids is 2. The van der Waals surface area contributed by atoms with Gasteiger partial charge in [-0.05, 0) is 56.7 Å². The number of aryl methyl sites for hydroxylation is 3. The van der Waals surface area contributed by atoms with E-state index < -0.39 is 6.04 Å². The standard InChI is InChI=1S/C22H23N5O2S/c1-14-5-4-6-18(9-14)24-21(28)19-12-30-13-26(19)22(29)17-7-8-20(23-11-17)27-16(3)10-15(2)25-27/h4-11,19H,12-13H2,1-3H3,(H,24,28). The molecule has 154 valence electrons. The highest BCUT2D eigenvalue weighted by Crippen LogP contribution is 2.25. The fourth-order valence-corrected chi connectivity index (χ4v) is 4.63. The van der Waals surface area contributed by atoms with Gasteiger partial charge in [0.25, 0.3) is 5.91 Å². The smallest absolute Gasteiger partial charge is 0.256 e. The summed E-state index contributed by atoms with van der Waals surface area (Å²) in [4.78, 5) is 31.9. The molecule has 1 unspecified atom stereocenters. The summed E-state index contributed by atoms with van der Waals surface area (Å²) in [6.45, 7) is 5.85. The van der Waals surface area contributed by atoms with Crippen LogP contribution < -0.4 is 5.32 Å². The van der Waals surface area contributed by atoms with E-state index in [1.165, 1.54) is 0 Å². The Balaban J connectivity index is 1.49. The van der Waals surface area contributed by atoms with Crippen LogP contribution in [0.25, 0.3) is 5.82 Å². The first-order valence-electron chi connectivity index (χ1n) is 9.68. The van der Waals surface area contributed by atoms with E-state index in [4.69, 9.17) is 0 Å². The molecular weight excluding hydrogens is 398 g/mol. The number of anilines is 1. The second-order valence-corrected chi connectivity index (χ2v) is 8.39. The SMILES string of the molecule is Cc1cccc(NC(=O)C2CSCN2C(=O)c2ccc(-n3nc(C)cc3C)nc2)c1. The fraction of sp³-hybridized carbons (Fsp3) is 0.273. The molecule has 3 heterocycles. The van der Waals surface area contributed by atoms with Crippen LogP contribution in [0.5, 0.6) is 0 Å². The Kier molecular flexibility index (Phi) is 5.59. The third-order valence-electron chi connectivity index (χ3n) is 4.95. The Labute approximate surface area is 179 Å². The van der Waals surface area contributed by atoms with E-state index >= 15 is 0 Å². The minimum atomic E-state index is -0.515. The van der Waals surface area contributed by atoms with Crippen molar-refractivity contribution in [2.75, 3.05) is 16.9 Å². The molecule has 4 rings (SSSR count). The van der Waals surface area contributed by atoms with Gasteiger partial charge in [0, 0.05) is 23.3 Å². The number of nitrogens with one attached hydrogen (secondary N) is 1. The minimum Gasteiger partial charge on any atom is -0.324 e. The Morgan fingerprint density at radius 2 is 1.97 bits per heavy atom. The molecule has 0 spiro atoms. The molecular formula is C22H23N5O2S. The van der Waals surface area contributed by atoms with Crippen molar-refractivity contribution >= 4 is 29.3 Å². The van der Waals surface area contributed by atoms with E-state index in [2.05, 4.69) is 15.4 Å². The van der Waals surface area contributed by atoms with Gasteiger partial charge in [-0.3, -0.25) is 9.59 Å². The number of thioether (sulfide) groups is 1. The van der Waals surface area contributed by atoms with E-state index in [1.54, 1.807) is 39.7 Å². The minimum absolute atomic E-state index is 0.175. The zero-order chi connectivity index (χ0) is 21.3. The summed E-state index contributed by atoms with van der Waals surface area (Å²) in [6, 6.07) is 12.6. The van der Waals surface area contributed by atoms with E-state index in [-0.39, 0.29) is 11.8 Å². The predicted molar refractivity (Wildman–Crippen MR) is 118 cm³/mol. The number of hydrogen-bond acceptors (Lipinski definition) is 5. The fourth-order valence-electron chi connectivity index (χ4n) is 3.47. The summed E-state index contributed by atoms with van der Waals surface area (Å²) < 4.78 is 1.74. The van der Waals surface area contributed by atoms with Crippen molar-refractivity contribution in [3.63, 3.8) is 0 Å². The van der Waals surface area contributed by atoms with Crippen LogP contribution in [0.2, 0.25) is 0 Å². The number of rotatable bonds is 4. The van der Waals surface area contributed by atoms with Gasteiger partial charge < -0.3 is 10.2 Å². The molecule has 1 aliphatic rings. The van der Waals surface area contributed by atoms with Crippen LogP contribution in [0.15, 0.2) is 48.7 Å². The van der Waals surface area contributed by atoms with Crippen molar-refractivity contribution in [1.82, 2.24) is 19.7 Å². The van der Waals surface area contributed by atoms with Crippen molar-refractivity contribution in [1.29, 1.82) is 0 Å². The number of carbonyl (C=O) groups is 2. The molecule has 2 amide bonds. The van der Waals surface area contributed by atoms with Crippen molar-refractivity contribution in [3.05, 3.63) is 71.2 Å². The molecule has 0 radical (unpaired) electrons. The lowest BCUT2D eigenvalue weighted by Gasteiger charge is -2.23. The summed E-state index contributed by atoms with van der Waals surface area (Å²) in [5.74, 6) is 1.33. The highest BCUT2D eigenvalue weighted by atomic mass is 32.2. The third kappa shape index (κ3) is 4.09. The maximum Gasteiger partial charge on any atom is 0.256 e. The highest BCUT2D eigenvalue weighted by Gasteiger charge is 2.35. The molecule has 3 aromatic rings. The first-order valence-corrected chi connectivity index (χ1v) is 10.8. The average Bonchev–Trinajstić information content (AvgIpc) is 3.34. The summed E-state index contributed by atoms with van der Waals surface area (Å²) in [5.41, 5.74) is 4.14. The maximum absolute atomic E-state index is 13.1. The van der Waals surface area contributed by atoms with E-state index in [9.17, 15) is 9.59 Å². The Morgan fingerprint density at radius 3 is 2.63 bits per heavy atom. The molecule has 0 aliphatic carbocycles. The van der Waals surface area contributed by atoms with Crippen molar-refractivity contribution in [3.8, 4) is 5.82 Å². The number of benzene rings is 1. The van der Waals surface area contributed by atoms with Crippen LogP contribution in [-0.2, 0) is 4.79 Å². The normalized spacial score (nSPS) is 16.0. The van der Waals surface area contributed by atoms with Gasteiger partial charge >= 0.3 is 0 Å². The number of aromatic nitrogens is 3. The first kappa shape index (κ1) is 20.2. The molecule has 1 fully saturated rings. The molecule has 1 aromatic carbocycles. The largest absolute Gasteiger partial charge is 0.324 e. The summed E-state index contributed by atoms with van der Waals surface area (Å²) in [6.07, 6.45) is 1.55. The van der Waals surface area contributed by atoms with Gasteiger partial charge in [0.1, 0.15) is 6.04 Å². The van der Waals surface area contributed by atoms with Crippen molar-refractivity contribution in [2.24, 2.45) is 0 Å². The molecule has 1 aliphatic heterocycles. The van der Waals surface area contributed by atoms with Crippen LogP contribution in [0, 0.1) is 20.8 Å². The molecule has 1 N–H and O–H groups in total. The summed E-state index contributed by atoms with van der Waals surface area (Å²) >= 11 is 1.57. The Morgan fingerprint density at radius 1 is 1.13 bits per heavy atom. The number of nitrogens with zero attached hydrogens (tertiary/aromatic N) is 4. The molecule has 7 nitrogen and oxygen atoms in total. The number of pyridine rings is 1. The van der Waals surface area contributed by atoms with Crippen LogP contribution in [0.1, 0.15) is 27.3 Å². The lowest BCUT2D eigenvalue weighted by Crippen LogP contribution is -2.44. The zero-order valence-electron chi connectivity index (χ0n) is 17.1. The second-order valence-electron chi connectivity index (χ2n) is 7.39. The summed E-state index contributed by atoms with van der Waals surface area (Å²) in [7, 11) is 0. The van der Waals surface area contributed by atoms with Crippen LogP contribution in [-0.4, -0.2) is 49.2 Å². The maximum atomic E-state index is 13.1. The van der Waals surface area contributed by atoms with Gasteiger partial charge in [-0.25, -0.2) is 9.67 Å². The van der Waals surface area contributed by atoms with Gasteiger partial charge in [0.05, 0.1) is 17.1 Å². The lowest BCUT2D eigenvalue weighted by molar-refractivity contribution is -0.119. The monoisotopic (exact) mass is 421 g/mol. The van der Waals surface area contributed by atoms with Crippen molar-refractivity contribution < 1.29 is 9.59 Å². The van der Waals surface area contributed by atoms with Gasteiger partial charge in [0.15, 0.2) is 5.82 Å². The van der Waals surface area contributed by atoms with Gasteiger partial charge in [-0.15, -0.1) is 11.8 Å². The van der Waals surface area contributed by atoms with Gasteiger partial charge in [-0.1, -0.05) is 12.1 Å². The van der Waals surface area contributed by atoms with Crippen molar-refractivity contribution in [2.45, 2.75) is 26.8 Å². The van der Waals surface area contributed by atoms with Crippen LogP contribution >= 0.6 is 11.8 Å². The number of amides is 2. The van der Waals surface area contributed by atoms with Gasteiger partial charge in [-0.2, -0.15) is 5.10 Å². The number of hydrogen-bond donors (Lipinski definition) is 1. The molecule has 30 heavy (non-hydrogen) atoms. The predicted octanol–water partition coefficient (Wildman–Crippen LogP) is 3.35. The van der Waals surface area contributed by atoms with Crippen LogP contribution in [0.4, 0.5) is 5.69 Å². The Hall–Kier alpha value is -3.13. The molecule has 0 saturated carbocycles. The third-order valence-corrected chi connectivity index (χ3v) is 5.97. The highest BCUT2D eigenvalue weighted by molar-refractivity contribution is 7.99. The second kappa shape index (κ2) is 8.31. The summed E-state index contributed by atoms with van der Waals surface area (Å²) in [5, 5.41) is 7.34. The molecule has 1 atom stereocenters. The molecule has 2 aromatic heterocycles. The lowest BCUT2D eigenvalue weighted by atomic mass is 10.2. The van der Waals surface area contributed by atoms with Crippen LogP contribution in [0.3, 0.4) is 0 Å². The molecule has 8 heteroatoms. The molecule has 1 saturated heterocycles. The zero-order valence-corrected chi connectivity index (χ0v) is 17.9.